The van der Waals surface area contributed by atoms with Crippen LogP contribution in [0.15, 0.2) is 41.0 Å². The summed E-state index contributed by atoms with van der Waals surface area (Å²) in [5.41, 5.74) is 0.966. The Labute approximate surface area is 123 Å². The van der Waals surface area contributed by atoms with Gasteiger partial charge in [-0.05, 0) is 34.1 Å². The van der Waals surface area contributed by atoms with E-state index in [0.717, 1.165) is 0 Å². The number of hydrogen-bond donors (Lipinski definition) is 1. The first-order valence-corrected chi connectivity index (χ1v) is 6.54. The molecule has 1 aromatic heterocycles. The van der Waals surface area contributed by atoms with Gasteiger partial charge < -0.3 is 10.1 Å². The third-order valence-corrected chi connectivity index (χ3v) is 3.70. The molecule has 98 valence electrons. The number of carbonyl (C=O) groups is 1. The zero-order valence-corrected chi connectivity index (χ0v) is 12.3. The maximum absolute atomic E-state index is 12.1. The van der Waals surface area contributed by atoms with Gasteiger partial charge in [-0.1, -0.05) is 17.7 Å². The second kappa shape index (κ2) is 6.04. The molecule has 2 rings (SSSR count). The molecule has 1 heterocycles. The predicted molar refractivity (Wildman–Crippen MR) is 77.9 cm³/mol. The topological polar surface area (TPSA) is 51.2 Å². The second-order valence-electron chi connectivity index (χ2n) is 3.64. The summed E-state index contributed by atoms with van der Waals surface area (Å²) in [5, 5.41) is 3.09. The number of carbonyl (C=O) groups excluding carboxylic acids is 1. The fraction of sp³-hybridized carbons (Fsp3) is 0.0769. The lowest BCUT2D eigenvalue weighted by atomic mass is 10.2. The van der Waals surface area contributed by atoms with E-state index >= 15 is 0 Å². The van der Waals surface area contributed by atoms with Gasteiger partial charge in [0.05, 0.1) is 29.6 Å². The molecule has 0 aliphatic heterocycles. The van der Waals surface area contributed by atoms with Gasteiger partial charge in [0.2, 0.25) is 5.88 Å². The highest BCUT2D eigenvalue weighted by atomic mass is 79.9. The number of methoxy groups -OCH3 is 1. The van der Waals surface area contributed by atoms with Gasteiger partial charge in [0, 0.05) is 10.5 Å². The first kappa shape index (κ1) is 13.8. The molecule has 6 heteroatoms. The minimum atomic E-state index is -0.293. The highest BCUT2D eigenvalue weighted by molar-refractivity contribution is 9.10. The minimum absolute atomic E-state index is 0.293. The van der Waals surface area contributed by atoms with Crippen LogP contribution in [0.5, 0.6) is 5.88 Å². The highest BCUT2D eigenvalue weighted by Gasteiger charge is 2.12. The molecule has 0 radical (unpaired) electrons. The van der Waals surface area contributed by atoms with E-state index in [1.165, 1.54) is 13.3 Å². The zero-order chi connectivity index (χ0) is 13.8. The Morgan fingerprint density at radius 1 is 1.37 bits per heavy atom. The summed E-state index contributed by atoms with van der Waals surface area (Å²) < 4.78 is 5.62. The summed E-state index contributed by atoms with van der Waals surface area (Å²) in [6.45, 7) is 0. The number of nitrogens with zero attached hydrogens (tertiary/aromatic N) is 1. The van der Waals surface area contributed by atoms with E-state index in [-0.39, 0.29) is 5.91 Å². The summed E-state index contributed by atoms with van der Waals surface area (Å²) in [5.74, 6) is 0.191. The van der Waals surface area contributed by atoms with E-state index in [9.17, 15) is 4.79 Å². The number of benzene rings is 1. The molecule has 0 spiro atoms. The molecule has 4 nitrogen and oxygen atoms in total. The van der Waals surface area contributed by atoms with Crippen molar-refractivity contribution >= 4 is 39.1 Å². The first-order valence-electron chi connectivity index (χ1n) is 5.37. The van der Waals surface area contributed by atoms with Crippen LogP contribution in [0.25, 0.3) is 0 Å². The van der Waals surface area contributed by atoms with Crippen LogP contribution in [-0.2, 0) is 0 Å². The van der Waals surface area contributed by atoms with Gasteiger partial charge >= 0.3 is 0 Å². The smallest absolute Gasteiger partial charge is 0.257 e. The van der Waals surface area contributed by atoms with Crippen LogP contribution in [0.4, 0.5) is 5.69 Å². The summed E-state index contributed by atoms with van der Waals surface area (Å²) in [6, 6.07) is 8.54. The Balaban J connectivity index is 2.18. The van der Waals surface area contributed by atoms with E-state index in [0.29, 0.717) is 26.6 Å². The van der Waals surface area contributed by atoms with E-state index in [4.69, 9.17) is 16.3 Å². The minimum Gasteiger partial charge on any atom is -0.481 e. The Morgan fingerprint density at radius 3 is 2.79 bits per heavy atom. The number of aromatic nitrogens is 1. The largest absolute Gasteiger partial charge is 0.481 e. The molecular weight excluding hydrogens is 332 g/mol. The molecule has 0 unspecified atom stereocenters. The van der Waals surface area contributed by atoms with Crippen LogP contribution in [0.3, 0.4) is 0 Å². The number of anilines is 1. The van der Waals surface area contributed by atoms with Crippen LogP contribution in [0.2, 0.25) is 5.02 Å². The van der Waals surface area contributed by atoms with Gasteiger partial charge in [0.15, 0.2) is 0 Å². The van der Waals surface area contributed by atoms with Crippen molar-refractivity contribution in [2.45, 2.75) is 0 Å². The van der Waals surface area contributed by atoms with E-state index < -0.39 is 0 Å². The van der Waals surface area contributed by atoms with Crippen molar-refractivity contribution in [1.29, 1.82) is 0 Å². The third-order valence-electron chi connectivity index (χ3n) is 2.40. The number of amides is 1. The summed E-state index contributed by atoms with van der Waals surface area (Å²) >= 11 is 9.34. The average molecular weight is 342 g/mol. The number of pyridine rings is 1. The Bertz CT molecular complexity index is 602. The van der Waals surface area contributed by atoms with Crippen LogP contribution < -0.4 is 10.1 Å². The zero-order valence-electron chi connectivity index (χ0n) is 9.98. The monoisotopic (exact) mass is 340 g/mol. The normalized spacial score (nSPS) is 10.1. The van der Waals surface area contributed by atoms with Gasteiger partial charge in [-0.3, -0.25) is 4.79 Å². The predicted octanol–water partition coefficient (Wildman–Crippen LogP) is 3.76. The van der Waals surface area contributed by atoms with Gasteiger partial charge in [0.1, 0.15) is 0 Å². The Morgan fingerprint density at radius 2 is 2.16 bits per heavy atom. The summed E-state index contributed by atoms with van der Waals surface area (Å²) in [6.07, 6.45) is 1.52. The van der Waals surface area contributed by atoms with Crippen molar-refractivity contribution in [1.82, 2.24) is 4.98 Å². The van der Waals surface area contributed by atoms with E-state index in [1.807, 2.05) is 0 Å². The van der Waals surface area contributed by atoms with E-state index in [2.05, 4.69) is 26.2 Å². The Hall–Kier alpha value is -1.59. The van der Waals surface area contributed by atoms with E-state index in [1.54, 1.807) is 30.3 Å². The van der Waals surface area contributed by atoms with Gasteiger partial charge in [-0.2, -0.15) is 0 Å². The summed E-state index contributed by atoms with van der Waals surface area (Å²) in [4.78, 5) is 16.1. The fourth-order valence-corrected chi connectivity index (χ4v) is 2.03. The molecule has 0 saturated heterocycles. The third kappa shape index (κ3) is 3.24. The molecule has 0 aliphatic carbocycles. The second-order valence-corrected chi connectivity index (χ2v) is 4.88. The van der Waals surface area contributed by atoms with Crippen molar-refractivity contribution in [3.8, 4) is 5.88 Å². The van der Waals surface area contributed by atoms with Crippen LogP contribution in [0, 0.1) is 0 Å². The summed E-state index contributed by atoms with van der Waals surface area (Å²) in [7, 11) is 1.53. The van der Waals surface area contributed by atoms with Crippen molar-refractivity contribution in [3.63, 3.8) is 0 Å². The van der Waals surface area contributed by atoms with Crippen molar-refractivity contribution in [2.24, 2.45) is 0 Å². The average Bonchev–Trinajstić information content (AvgIpc) is 2.42. The number of nitrogens with one attached hydrogen (secondary N) is 1. The van der Waals surface area contributed by atoms with Crippen molar-refractivity contribution < 1.29 is 9.53 Å². The molecule has 1 N–H and O–H groups in total. The van der Waals surface area contributed by atoms with Crippen LogP contribution >= 0.6 is 27.5 Å². The fourth-order valence-electron chi connectivity index (χ4n) is 1.45. The molecule has 0 fully saturated rings. The molecule has 1 aromatic carbocycles. The Kier molecular flexibility index (Phi) is 4.39. The van der Waals surface area contributed by atoms with Crippen LogP contribution in [-0.4, -0.2) is 18.0 Å². The maximum atomic E-state index is 12.1. The quantitative estimate of drug-likeness (QED) is 0.925. The molecule has 2 aromatic rings. The number of halogens is 2. The first-order chi connectivity index (χ1) is 9.11. The molecular formula is C13H10BrClN2O2. The van der Waals surface area contributed by atoms with Gasteiger partial charge in [-0.25, -0.2) is 4.98 Å². The molecule has 0 bridgehead atoms. The number of rotatable bonds is 3. The maximum Gasteiger partial charge on any atom is 0.257 e. The van der Waals surface area contributed by atoms with Gasteiger partial charge in [-0.15, -0.1) is 0 Å². The SMILES string of the molecule is COc1ccc(NC(=O)c2cccc(Br)c2Cl)cn1. The molecule has 0 saturated carbocycles. The van der Waals surface area contributed by atoms with Crippen LogP contribution in [0.1, 0.15) is 10.4 Å². The molecule has 0 aliphatic rings. The lowest BCUT2D eigenvalue weighted by molar-refractivity contribution is 0.102. The molecule has 19 heavy (non-hydrogen) atoms. The molecule has 0 atom stereocenters. The lowest BCUT2D eigenvalue weighted by Gasteiger charge is -2.07. The number of hydrogen-bond acceptors (Lipinski definition) is 3. The number of ether oxygens (including phenoxy) is 1. The van der Waals surface area contributed by atoms with Crippen molar-refractivity contribution in [3.05, 3.63) is 51.6 Å². The molecule has 1 amide bonds. The lowest BCUT2D eigenvalue weighted by Crippen LogP contribution is -2.12. The standard InChI is InChI=1S/C13H10BrClN2O2/c1-19-11-6-5-8(7-16-11)17-13(18)9-3-2-4-10(14)12(9)15/h2-7H,1H3,(H,17,18). The van der Waals surface area contributed by atoms with Crippen molar-refractivity contribution in [2.75, 3.05) is 12.4 Å². The van der Waals surface area contributed by atoms with Gasteiger partial charge in [0.25, 0.3) is 5.91 Å². The highest BCUT2D eigenvalue weighted by Crippen LogP contribution is 2.26.